The average Bonchev–Trinajstić information content (AvgIpc) is 2.64. The Morgan fingerprint density at radius 3 is 0.912 bits per heavy atom. The SMILES string of the molecule is Clc1ccc(P2(P3(c4ccc(Cl)cc4)=NP(Cl)(Cl)=NP(Cl)(Cl)=N3)=NP(Cl)(Cl)=NP(Cl)(Cl)=N2)cc1. The van der Waals surface area contributed by atoms with Crippen LogP contribution in [0.5, 0.6) is 0 Å². The van der Waals surface area contributed by atoms with Crippen LogP contribution in [0.15, 0.2) is 75.6 Å². The highest BCUT2D eigenvalue weighted by molar-refractivity contribution is 8.48. The van der Waals surface area contributed by atoms with Crippen molar-refractivity contribution in [2.75, 3.05) is 0 Å². The van der Waals surface area contributed by atoms with Crippen molar-refractivity contribution in [3.05, 3.63) is 58.6 Å². The quantitative estimate of drug-likeness (QED) is 0.279. The van der Waals surface area contributed by atoms with Gasteiger partial charge in [0.1, 0.15) is 0 Å². The Hall–Kier alpha value is 2.72. The predicted molar refractivity (Wildman–Crippen MR) is 165 cm³/mol. The summed E-state index contributed by atoms with van der Waals surface area (Å²) >= 11 is 64.9. The molecule has 0 saturated carbocycles. The fourth-order valence-electron chi connectivity index (χ4n) is 3.00. The van der Waals surface area contributed by atoms with Gasteiger partial charge in [-0.15, -0.1) is 0 Å². The highest BCUT2D eigenvalue weighted by Gasteiger charge is 2.51. The Balaban J connectivity index is 2.35. The van der Waals surface area contributed by atoms with Crippen molar-refractivity contribution in [3.8, 4) is 0 Å². The van der Waals surface area contributed by atoms with Crippen molar-refractivity contribution in [3.63, 3.8) is 0 Å². The first kappa shape index (κ1) is 29.7. The van der Waals surface area contributed by atoms with Crippen LogP contribution in [-0.4, -0.2) is 0 Å². The van der Waals surface area contributed by atoms with E-state index in [4.69, 9.17) is 131 Å². The van der Waals surface area contributed by atoms with Crippen LogP contribution in [0.4, 0.5) is 0 Å². The maximum atomic E-state index is 6.58. The number of halogens is 10. The normalized spacial score (nSPS) is 30.3. The van der Waals surface area contributed by atoms with Gasteiger partial charge in [-0.1, -0.05) is 23.2 Å². The van der Waals surface area contributed by atoms with E-state index in [1.807, 2.05) is 0 Å². The van der Waals surface area contributed by atoms with Gasteiger partial charge >= 0.3 is 0 Å². The lowest BCUT2D eigenvalue weighted by Crippen LogP contribution is -2.11. The van der Waals surface area contributed by atoms with Gasteiger partial charge in [-0.2, -0.15) is 9.03 Å². The first-order valence-electron chi connectivity index (χ1n) is 8.42. The Kier molecular flexibility index (Phi) is 8.98. The van der Waals surface area contributed by atoms with Crippen LogP contribution < -0.4 is 10.6 Å². The van der Waals surface area contributed by atoms with Gasteiger partial charge in [0.15, 0.2) is 13.8 Å². The molecule has 2 unspecified atom stereocenters. The van der Waals surface area contributed by atoms with Gasteiger partial charge in [0, 0.05) is 20.7 Å². The molecule has 2 aromatic rings. The summed E-state index contributed by atoms with van der Waals surface area (Å²) in [7, 11) is 0. The summed E-state index contributed by atoms with van der Waals surface area (Å²) in [6.45, 7) is -7.10. The molecular weight excluding hydrogens is 769 g/mol. The molecule has 0 radical (unpaired) electrons. The Morgan fingerprint density at radius 1 is 0.382 bits per heavy atom. The van der Waals surface area contributed by atoms with Gasteiger partial charge in [0.2, 0.25) is 0 Å². The van der Waals surface area contributed by atoms with Crippen molar-refractivity contribution in [1.29, 1.82) is 0 Å². The number of hydrogen-bond acceptors (Lipinski definition) is 6. The van der Waals surface area contributed by atoms with Crippen molar-refractivity contribution in [1.82, 2.24) is 0 Å². The summed E-state index contributed by atoms with van der Waals surface area (Å²) in [4.78, 5) is 0. The maximum Gasteiger partial charge on any atom is 0.256 e. The largest absolute Gasteiger partial charge is 0.256 e. The molecule has 34 heavy (non-hydrogen) atoms. The molecule has 0 aliphatic carbocycles. The average molecular weight is 777 g/mol. The van der Waals surface area contributed by atoms with Crippen molar-refractivity contribution in [2.45, 2.75) is 0 Å². The first-order chi connectivity index (χ1) is 15.5. The first-order valence-corrected chi connectivity index (χ1v) is 27.3. The highest BCUT2D eigenvalue weighted by atomic mass is 35.9. The van der Waals surface area contributed by atoms with Crippen LogP contribution in [0.2, 0.25) is 10.0 Å². The van der Waals surface area contributed by atoms with Crippen LogP contribution in [0.1, 0.15) is 0 Å². The zero-order valence-corrected chi connectivity index (χ0v) is 28.7. The lowest BCUT2D eigenvalue weighted by molar-refractivity contribution is 1.69. The van der Waals surface area contributed by atoms with Crippen LogP contribution >= 0.6 is 151 Å². The summed E-state index contributed by atoms with van der Waals surface area (Å²) in [6, 6.07) is 13.3. The summed E-state index contributed by atoms with van der Waals surface area (Å²) in [6.07, 6.45) is 0. The van der Waals surface area contributed by atoms with Gasteiger partial charge in [-0.05, 0) is 138 Å². The van der Waals surface area contributed by atoms with Gasteiger partial charge in [-0.25, -0.2) is 18.1 Å². The molecular formula is C12H8Cl10N6P6. The van der Waals surface area contributed by atoms with E-state index < -0.39 is 37.4 Å². The zero-order chi connectivity index (χ0) is 25.2. The minimum atomic E-state index is -3.55. The second-order valence-electron chi connectivity index (χ2n) is 6.45. The maximum absolute atomic E-state index is 6.58. The molecule has 0 amide bonds. The van der Waals surface area contributed by atoms with Crippen molar-refractivity contribution in [2.24, 2.45) is 27.1 Å². The Morgan fingerprint density at radius 2 is 0.647 bits per heavy atom. The van der Waals surface area contributed by atoms with E-state index in [0.717, 1.165) is 0 Å². The molecule has 2 heterocycles. The van der Waals surface area contributed by atoms with E-state index in [1.54, 1.807) is 48.5 Å². The number of rotatable bonds is 3. The van der Waals surface area contributed by atoms with Gasteiger partial charge in [0.05, 0.1) is 0 Å². The smallest absolute Gasteiger partial charge is 0.201 e. The Bertz CT molecular complexity index is 1380. The molecule has 0 saturated heterocycles. The van der Waals surface area contributed by atoms with Crippen molar-refractivity contribution >= 4 is 161 Å². The number of nitrogens with zero attached hydrogens (tertiary/aromatic N) is 6. The summed E-state index contributed by atoms with van der Waals surface area (Å²) in [5.41, 5.74) is 0. The third-order valence-electron chi connectivity index (χ3n) is 4.09. The van der Waals surface area contributed by atoms with Crippen molar-refractivity contribution < 1.29 is 0 Å². The minimum Gasteiger partial charge on any atom is -0.201 e. The van der Waals surface area contributed by atoms with E-state index in [9.17, 15) is 0 Å². The molecule has 2 aliphatic rings. The highest BCUT2D eigenvalue weighted by Crippen LogP contribution is 3.01. The third-order valence-corrected chi connectivity index (χ3v) is 34.6. The monoisotopic (exact) mass is 772 g/mol. The van der Waals surface area contributed by atoms with E-state index in [1.165, 1.54) is 0 Å². The minimum absolute atomic E-state index is 0.457. The van der Waals surface area contributed by atoms with E-state index in [0.29, 0.717) is 20.7 Å². The summed E-state index contributed by atoms with van der Waals surface area (Å²) < 4.78 is 27.4. The van der Waals surface area contributed by atoms with Gasteiger partial charge < -0.3 is 0 Å². The molecule has 0 N–H and O–H groups in total. The molecule has 186 valence electrons. The standard InChI is InChI=1S/C12H8Cl10N6P6/c13-9-1-5-11(6-2-9)29(23-31(15,16)27-32(17,18)24-29)30(12-7-3-10(14)4-8-12)25-33(19,20)28-34(21,22)26-30/h1-8H. The lowest BCUT2D eigenvalue weighted by atomic mass is 10.4. The molecule has 0 aromatic heterocycles. The van der Waals surface area contributed by atoms with Gasteiger partial charge in [-0.3, -0.25) is 0 Å². The zero-order valence-electron chi connectivity index (χ0n) is 15.8. The van der Waals surface area contributed by atoms with E-state index in [2.05, 4.69) is 9.03 Å². The van der Waals surface area contributed by atoms with E-state index in [-0.39, 0.29) is 0 Å². The number of hydrogen-bond donors (Lipinski definition) is 0. The third kappa shape index (κ3) is 6.21. The van der Waals surface area contributed by atoms with E-state index >= 15 is 0 Å². The molecule has 0 bridgehead atoms. The van der Waals surface area contributed by atoms with Gasteiger partial charge in [0.25, 0.3) is 23.6 Å². The summed E-state index contributed by atoms with van der Waals surface area (Å²) in [5.74, 6) is -13.9. The second-order valence-corrected chi connectivity index (χ2v) is 35.3. The van der Waals surface area contributed by atoms with Crippen LogP contribution in [0.25, 0.3) is 0 Å². The predicted octanol–water partition coefficient (Wildman–Crippen LogP) is 14.8. The van der Waals surface area contributed by atoms with Crippen LogP contribution in [0, 0.1) is 0 Å². The molecule has 0 fully saturated rings. The molecule has 2 aliphatic heterocycles. The topological polar surface area (TPSA) is 74.2 Å². The lowest BCUT2D eigenvalue weighted by Gasteiger charge is -2.38. The Labute approximate surface area is 244 Å². The van der Waals surface area contributed by atoms with Crippen LogP contribution in [-0.2, 0) is 0 Å². The molecule has 2 aromatic carbocycles. The molecule has 0 spiro atoms. The number of benzene rings is 2. The molecule has 22 heteroatoms. The fraction of sp³-hybridized carbons (Fsp3) is 0. The summed E-state index contributed by atoms with van der Waals surface area (Å²) in [5, 5.41) is 1.95. The second kappa shape index (κ2) is 10.3. The van der Waals surface area contributed by atoms with Crippen LogP contribution in [0.3, 0.4) is 0 Å². The molecule has 2 atom stereocenters. The molecule has 6 nitrogen and oxygen atoms in total. The fourth-order valence-corrected chi connectivity index (χ4v) is 49.0. The molecule has 4 rings (SSSR count).